The molecule has 1 aliphatic heterocycles. The first kappa shape index (κ1) is 19.3. The molecule has 31 heavy (non-hydrogen) atoms. The van der Waals surface area contributed by atoms with Crippen molar-refractivity contribution in [3.05, 3.63) is 53.0 Å². The van der Waals surface area contributed by atoms with Gasteiger partial charge in [0.15, 0.2) is 0 Å². The second-order valence-corrected chi connectivity index (χ2v) is 7.62. The number of rotatable bonds is 6. The molecule has 8 nitrogen and oxygen atoms in total. The Labute approximate surface area is 174 Å². The first-order valence-corrected chi connectivity index (χ1v) is 9.77. The van der Waals surface area contributed by atoms with Gasteiger partial charge >= 0.3 is 6.18 Å². The number of carbonyl (C=O) groups excluding carboxylic acids is 1. The predicted octanol–water partition coefficient (Wildman–Crippen LogP) is 3.95. The van der Waals surface area contributed by atoms with Crippen LogP contribution in [0.3, 0.4) is 0 Å². The topological polar surface area (TPSA) is 108 Å². The summed E-state index contributed by atoms with van der Waals surface area (Å²) in [7, 11) is 0. The SMILES string of the molecule is O=C1Cc2cc(Nc3ncc(C(F)(F)F)c(NCc4cc(C5CC5)[nH]n4)n3)ccc2N1. The molecule has 160 valence electrons. The van der Waals surface area contributed by atoms with Gasteiger partial charge in [-0.15, -0.1) is 0 Å². The molecule has 1 fully saturated rings. The van der Waals surface area contributed by atoms with Gasteiger partial charge in [-0.1, -0.05) is 0 Å². The Kier molecular flexibility index (Phi) is 4.53. The van der Waals surface area contributed by atoms with Gasteiger partial charge in [0.25, 0.3) is 0 Å². The Bertz CT molecular complexity index is 1150. The molecule has 3 heterocycles. The lowest BCUT2D eigenvalue weighted by Crippen LogP contribution is -2.14. The maximum Gasteiger partial charge on any atom is 0.421 e. The van der Waals surface area contributed by atoms with Crippen molar-refractivity contribution in [2.75, 3.05) is 16.0 Å². The van der Waals surface area contributed by atoms with Crippen LogP contribution in [0.25, 0.3) is 0 Å². The summed E-state index contributed by atoms with van der Waals surface area (Å²) in [6.45, 7) is 0.0926. The van der Waals surface area contributed by atoms with E-state index in [1.54, 1.807) is 18.2 Å². The minimum Gasteiger partial charge on any atom is -0.364 e. The number of aromatic amines is 1. The predicted molar refractivity (Wildman–Crippen MR) is 107 cm³/mol. The van der Waals surface area contributed by atoms with E-state index in [9.17, 15) is 18.0 Å². The summed E-state index contributed by atoms with van der Waals surface area (Å²) in [5, 5.41) is 15.4. The van der Waals surface area contributed by atoms with Crippen molar-refractivity contribution in [2.24, 2.45) is 0 Å². The zero-order valence-electron chi connectivity index (χ0n) is 16.2. The van der Waals surface area contributed by atoms with E-state index in [-0.39, 0.29) is 30.6 Å². The van der Waals surface area contributed by atoms with Crippen molar-refractivity contribution in [1.29, 1.82) is 0 Å². The van der Waals surface area contributed by atoms with Crippen LogP contribution < -0.4 is 16.0 Å². The highest BCUT2D eigenvalue weighted by Gasteiger charge is 2.35. The molecule has 0 spiro atoms. The molecule has 3 aromatic rings. The van der Waals surface area contributed by atoms with Crippen molar-refractivity contribution in [3.63, 3.8) is 0 Å². The third kappa shape index (κ3) is 4.16. The fourth-order valence-corrected chi connectivity index (χ4v) is 3.47. The van der Waals surface area contributed by atoms with E-state index in [1.807, 2.05) is 6.07 Å². The van der Waals surface area contributed by atoms with Crippen molar-refractivity contribution in [3.8, 4) is 0 Å². The van der Waals surface area contributed by atoms with Crippen LogP contribution in [0.1, 0.15) is 41.3 Å². The molecule has 2 aliphatic rings. The number of carbonyl (C=O) groups is 1. The lowest BCUT2D eigenvalue weighted by molar-refractivity contribution is -0.137. The first-order valence-electron chi connectivity index (χ1n) is 9.77. The Morgan fingerprint density at radius 3 is 2.81 bits per heavy atom. The second kappa shape index (κ2) is 7.25. The standard InChI is InChI=1S/C20H18F3N7O/c21-20(22,23)14-9-25-19(26-12-3-4-15-11(5-12)6-17(31)27-15)28-18(14)24-8-13-7-16(30-29-13)10-1-2-10/h3-5,7,9-10H,1-2,6,8H2,(H,27,31)(H,29,30)(H2,24,25,26,28). The molecule has 1 amide bonds. The van der Waals surface area contributed by atoms with Gasteiger partial charge < -0.3 is 16.0 Å². The molecule has 11 heteroatoms. The van der Waals surface area contributed by atoms with Gasteiger partial charge in [0.05, 0.1) is 18.7 Å². The van der Waals surface area contributed by atoms with Gasteiger partial charge in [-0.3, -0.25) is 9.89 Å². The number of hydrogen-bond acceptors (Lipinski definition) is 6. The van der Waals surface area contributed by atoms with Crippen LogP contribution in [0.15, 0.2) is 30.5 Å². The molecule has 0 bridgehead atoms. The normalized spacial score (nSPS) is 15.5. The van der Waals surface area contributed by atoms with Crippen molar-refractivity contribution < 1.29 is 18.0 Å². The number of alkyl halides is 3. The third-order valence-corrected chi connectivity index (χ3v) is 5.19. The average Bonchev–Trinajstić information content (AvgIpc) is 3.33. The highest BCUT2D eigenvalue weighted by Crippen LogP contribution is 2.39. The summed E-state index contributed by atoms with van der Waals surface area (Å²) >= 11 is 0. The van der Waals surface area contributed by atoms with Crippen LogP contribution in [-0.2, 0) is 23.9 Å². The largest absolute Gasteiger partial charge is 0.421 e. The zero-order valence-corrected chi connectivity index (χ0v) is 16.2. The van der Waals surface area contributed by atoms with E-state index in [0.29, 0.717) is 17.3 Å². The van der Waals surface area contributed by atoms with Crippen LogP contribution in [0.4, 0.5) is 36.3 Å². The average molecular weight is 429 g/mol. The van der Waals surface area contributed by atoms with E-state index in [4.69, 9.17) is 0 Å². The van der Waals surface area contributed by atoms with Gasteiger partial charge in [-0.2, -0.15) is 23.3 Å². The lowest BCUT2D eigenvalue weighted by Gasteiger charge is -2.14. The van der Waals surface area contributed by atoms with E-state index < -0.39 is 11.7 Å². The Balaban J connectivity index is 1.36. The molecule has 1 saturated carbocycles. The monoisotopic (exact) mass is 429 g/mol. The maximum atomic E-state index is 13.4. The smallest absolute Gasteiger partial charge is 0.364 e. The summed E-state index contributed by atoms with van der Waals surface area (Å²) in [5.74, 6) is 0.0414. The highest BCUT2D eigenvalue weighted by molar-refractivity contribution is 5.99. The summed E-state index contributed by atoms with van der Waals surface area (Å²) in [4.78, 5) is 19.4. The molecule has 0 atom stereocenters. The summed E-state index contributed by atoms with van der Waals surface area (Å²) in [5.41, 5.74) is 2.74. The minimum atomic E-state index is -4.61. The van der Waals surface area contributed by atoms with Crippen molar-refractivity contribution in [1.82, 2.24) is 20.2 Å². The van der Waals surface area contributed by atoms with E-state index >= 15 is 0 Å². The van der Waals surface area contributed by atoms with Gasteiger partial charge in [-0.25, -0.2) is 4.98 Å². The number of halogens is 3. The van der Waals surface area contributed by atoms with Gasteiger partial charge in [0.1, 0.15) is 11.4 Å². The lowest BCUT2D eigenvalue weighted by atomic mass is 10.1. The molecule has 2 aromatic heterocycles. The number of amides is 1. The molecular weight excluding hydrogens is 411 g/mol. The molecular formula is C20H18F3N7O. The summed E-state index contributed by atoms with van der Waals surface area (Å²) in [6, 6.07) is 7.02. The molecule has 4 N–H and O–H groups in total. The van der Waals surface area contributed by atoms with Gasteiger partial charge in [0.2, 0.25) is 11.9 Å². The number of nitrogens with zero attached hydrogens (tertiary/aromatic N) is 3. The van der Waals surface area contributed by atoms with E-state index in [0.717, 1.165) is 36.0 Å². The Morgan fingerprint density at radius 2 is 2.03 bits per heavy atom. The minimum absolute atomic E-state index is 0.00781. The number of aromatic nitrogens is 4. The summed E-state index contributed by atoms with van der Waals surface area (Å²) < 4.78 is 40.3. The number of anilines is 4. The number of fused-ring (bicyclic) bond motifs is 1. The number of hydrogen-bond donors (Lipinski definition) is 4. The maximum absolute atomic E-state index is 13.4. The zero-order chi connectivity index (χ0) is 21.6. The Morgan fingerprint density at radius 1 is 1.19 bits per heavy atom. The van der Waals surface area contributed by atoms with Gasteiger partial charge in [-0.05, 0) is 42.7 Å². The quantitative estimate of drug-likeness (QED) is 0.473. The van der Waals surface area contributed by atoms with Crippen LogP contribution in [0, 0.1) is 0 Å². The molecule has 1 aromatic carbocycles. The molecule has 5 rings (SSSR count). The molecule has 0 radical (unpaired) electrons. The van der Waals surface area contributed by atoms with E-state index in [1.165, 1.54) is 0 Å². The summed E-state index contributed by atoms with van der Waals surface area (Å²) in [6.07, 6.45) is -1.41. The van der Waals surface area contributed by atoms with Crippen LogP contribution in [0.5, 0.6) is 0 Å². The fraction of sp³-hybridized carbons (Fsp3) is 0.300. The Hall–Kier alpha value is -3.63. The molecule has 0 saturated heterocycles. The number of nitrogens with one attached hydrogen (secondary N) is 4. The number of benzene rings is 1. The van der Waals surface area contributed by atoms with Crippen LogP contribution in [0.2, 0.25) is 0 Å². The first-order chi connectivity index (χ1) is 14.8. The van der Waals surface area contributed by atoms with Crippen molar-refractivity contribution >= 4 is 29.0 Å². The fourth-order valence-electron chi connectivity index (χ4n) is 3.47. The number of H-pyrrole nitrogens is 1. The second-order valence-electron chi connectivity index (χ2n) is 7.62. The molecule has 0 unspecified atom stereocenters. The van der Waals surface area contributed by atoms with Crippen LogP contribution >= 0.6 is 0 Å². The third-order valence-electron chi connectivity index (χ3n) is 5.19. The van der Waals surface area contributed by atoms with Gasteiger partial charge in [0, 0.05) is 29.2 Å². The van der Waals surface area contributed by atoms with E-state index in [2.05, 4.69) is 36.1 Å². The van der Waals surface area contributed by atoms with Crippen LogP contribution in [-0.4, -0.2) is 26.1 Å². The highest BCUT2D eigenvalue weighted by atomic mass is 19.4. The van der Waals surface area contributed by atoms with Crippen molar-refractivity contribution in [2.45, 2.75) is 37.9 Å². The molecule has 1 aliphatic carbocycles.